The molecule has 0 amide bonds. The summed E-state index contributed by atoms with van der Waals surface area (Å²) in [4.78, 5) is 0. The summed E-state index contributed by atoms with van der Waals surface area (Å²) >= 11 is 0. The van der Waals surface area contributed by atoms with Crippen LogP contribution in [0.3, 0.4) is 0 Å². The number of unbranched alkanes of at least 4 members (excludes halogenated alkanes) is 1. The number of halogens is 1. The van der Waals surface area contributed by atoms with E-state index in [1.807, 2.05) is 0 Å². The number of aryl methyl sites for hydroxylation is 1. The van der Waals surface area contributed by atoms with E-state index in [9.17, 15) is 9.50 Å². The Bertz CT molecular complexity index is 295. The number of aromatic hydroxyl groups is 1. The average molecular weight is 212 g/mol. The van der Waals surface area contributed by atoms with Gasteiger partial charge in [0.25, 0.3) is 0 Å². The molecule has 0 aromatic heterocycles. The van der Waals surface area contributed by atoms with Gasteiger partial charge in [0, 0.05) is 0 Å². The van der Waals surface area contributed by atoms with Crippen LogP contribution < -0.4 is 0 Å². The molecule has 1 fully saturated rings. The number of hydrogen-bond acceptors (Lipinski definition) is 2. The number of benzene rings is 1. The van der Waals surface area contributed by atoms with Crippen molar-refractivity contribution < 1.29 is 14.2 Å². The molecule has 0 atom stereocenters. The van der Waals surface area contributed by atoms with Crippen LogP contribution >= 0.6 is 0 Å². The maximum atomic E-state index is 12.7. The molecule has 15 heavy (non-hydrogen) atoms. The van der Waals surface area contributed by atoms with Crippen molar-refractivity contribution in [2.45, 2.75) is 26.2 Å². The Morgan fingerprint density at radius 1 is 1.40 bits per heavy atom. The van der Waals surface area contributed by atoms with Gasteiger partial charge in [0.2, 0.25) is 0 Å². The van der Waals surface area contributed by atoms with Crippen molar-refractivity contribution in [1.29, 1.82) is 0 Å². The monoisotopic (exact) mass is 212 g/mol. The second kappa shape index (κ2) is 6.40. The van der Waals surface area contributed by atoms with Crippen LogP contribution in [0.2, 0.25) is 0 Å². The molecule has 1 aliphatic heterocycles. The maximum absolute atomic E-state index is 12.7. The minimum atomic E-state index is -0.279. The molecule has 2 nitrogen and oxygen atoms in total. The highest BCUT2D eigenvalue weighted by atomic mass is 19.1. The molecular formula is C12H17FO2. The first-order valence-corrected chi connectivity index (χ1v) is 5.29. The largest absolute Gasteiger partial charge is 0.508 e. The van der Waals surface area contributed by atoms with Crippen molar-refractivity contribution in [1.82, 2.24) is 0 Å². The minimum Gasteiger partial charge on any atom is -0.508 e. The number of ether oxygens (including phenoxy) is 1. The van der Waals surface area contributed by atoms with Gasteiger partial charge < -0.3 is 9.84 Å². The summed E-state index contributed by atoms with van der Waals surface area (Å²) < 4.78 is 17.2. The number of hydrogen-bond donors (Lipinski definition) is 1. The molecule has 1 aliphatic rings. The van der Waals surface area contributed by atoms with Crippen LogP contribution in [0.4, 0.5) is 4.39 Å². The van der Waals surface area contributed by atoms with E-state index in [1.165, 1.54) is 18.2 Å². The van der Waals surface area contributed by atoms with E-state index in [4.69, 9.17) is 0 Å². The molecule has 0 aliphatic carbocycles. The topological polar surface area (TPSA) is 32.8 Å². The van der Waals surface area contributed by atoms with Gasteiger partial charge in [-0.1, -0.05) is 13.3 Å². The molecule has 1 aromatic rings. The Morgan fingerprint density at radius 2 is 2.07 bits per heavy atom. The van der Waals surface area contributed by atoms with Crippen molar-refractivity contribution in [3.8, 4) is 5.75 Å². The first-order chi connectivity index (χ1) is 7.24. The van der Waals surface area contributed by atoms with Crippen molar-refractivity contribution in [3.63, 3.8) is 0 Å². The lowest BCUT2D eigenvalue weighted by atomic mass is 10.1. The van der Waals surface area contributed by atoms with Crippen molar-refractivity contribution in [2.24, 2.45) is 0 Å². The van der Waals surface area contributed by atoms with Crippen molar-refractivity contribution in [2.75, 3.05) is 13.2 Å². The first-order valence-electron chi connectivity index (χ1n) is 5.29. The maximum Gasteiger partial charge on any atom is 0.123 e. The molecular weight excluding hydrogens is 195 g/mol. The van der Waals surface area contributed by atoms with Crippen molar-refractivity contribution >= 4 is 0 Å². The quantitative estimate of drug-likeness (QED) is 0.781. The molecule has 1 heterocycles. The molecule has 0 bridgehead atoms. The van der Waals surface area contributed by atoms with Gasteiger partial charge in [-0.05, 0) is 36.6 Å². The van der Waals surface area contributed by atoms with Gasteiger partial charge >= 0.3 is 0 Å². The normalized spacial score (nSPS) is 12.9. The number of phenols is 1. The highest BCUT2D eigenvalue weighted by molar-refractivity contribution is 5.32. The summed E-state index contributed by atoms with van der Waals surface area (Å²) in [5.74, 6) is -0.0799. The van der Waals surface area contributed by atoms with Crippen LogP contribution in [0.25, 0.3) is 0 Å². The van der Waals surface area contributed by atoms with E-state index >= 15 is 0 Å². The van der Waals surface area contributed by atoms with E-state index in [1.54, 1.807) is 0 Å². The molecule has 84 valence electrons. The third kappa shape index (κ3) is 5.37. The summed E-state index contributed by atoms with van der Waals surface area (Å²) in [7, 11) is 0. The van der Waals surface area contributed by atoms with E-state index in [0.29, 0.717) is 5.56 Å². The van der Waals surface area contributed by atoms with Crippen molar-refractivity contribution in [3.05, 3.63) is 29.6 Å². The fourth-order valence-electron chi connectivity index (χ4n) is 1.12. The highest BCUT2D eigenvalue weighted by Gasteiger charge is 2.01. The zero-order valence-corrected chi connectivity index (χ0v) is 9.00. The third-order valence-electron chi connectivity index (χ3n) is 2.05. The van der Waals surface area contributed by atoms with Gasteiger partial charge in [-0.3, -0.25) is 0 Å². The lowest BCUT2D eigenvalue weighted by Crippen LogP contribution is -1.87. The first kappa shape index (κ1) is 12.0. The minimum absolute atomic E-state index is 0.199. The highest BCUT2D eigenvalue weighted by Crippen LogP contribution is 2.19. The Balaban J connectivity index is 0.000000319. The van der Waals surface area contributed by atoms with Gasteiger partial charge in [-0.25, -0.2) is 4.39 Å². The number of phenolic OH excluding ortho intramolecular Hbond substituents is 1. The summed E-state index contributed by atoms with van der Waals surface area (Å²) in [6.45, 7) is 4.07. The average Bonchev–Trinajstić information content (AvgIpc) is 3.06. The van der Waals surface area contributed by atoms with E-state index < -0.39 is 0 Å². The molecule has 0 spiro atoms. The van der Waals surface area contributed by atoms with Crippen LogP contribution in [0.15, 0.2) is 18.2 Å². The standard InChI is InChI=1S/C10H13FO.C2H4O/c1-2-3-4-8-7-9(11)5-6-10(8)12;1-2-3-1/h5-7,12H,2-4H2,1H3;1-2H2. The van der Waals surface area contributed by atoms with Crippen LogP contribution in [0.5, 0.6) is 5.75 Å². The van der Waals surface area contributed by atoms with Crippen LogP contribution in [0.1, 0.15) is 25.3 Å². The molecule has 0 radical (unpaired) electrons. The fourth-order valence-corrected chi connectivity index (χ4v) is 1.12. The smallest absolute Gasteiger partial charge is 0.123 e. The molecule has 1 N–H and O–H groups in total. The lowest BCUT2D eigenvalue weighted by Gasteiger charge is -2.02. The van der Waals surface area contributed by atoms with Crippen LogP contribution in [-0.4, -0.2) is 18.3 Å². The van der Waals surface area contributed by atoms with Crippen LogP contribution in [0, 0.1) is 5.82 Å². The zero-order valence-electron chi connectivity index (χ0n) is 9.00. The second-order valence-corrected chi connectivity index (χ2v) is 3.49. The summed E-state index contributed by atoms with van der Waals surface area (Å²) in [5, 5.41) is 9.29. The van der Waals surface area contributed by atoms with E-state index in [0.717, 1.165) is 32.5 Å². The van der Waals surface area contributed by atoms with Gasteiger partial charge in [0.1, 0.15) is 11.6 Å². The molecule has 1 aromatic carbocycles. The Hall–Kier alpha value is -1.09. The van der Waals surface area contributed by atoms with E-state index in [2.05, 4.69) is 11.7 Å². The van der Waals surface area contributed by atoms with Crippen LogP contribution in [-0.2, 0) is 11.2 Å². The van der Waals surface area contributed by atoms with Gasteiger partial charge in [-0.2, -0.15) is 0 Å². The molecule has 1 saturated heterocycles. The molecule has 0 saturated carbocycles. The molecule has 3 heteroatoms. The molecule has 2 rings (SSSR count). The molecule has 0 unspecified atom stereocenters. The zero-order chi connectivity index (χ0) is 11.1. The lowest BCUT2D eigenvalue weighted by molar-refractivity contribution is 0.464. The predicted octanol–water partition coefficient (Wildman–Crippen LogP) is 2.89. The summed E-state index contributed by atoms with van der Waals surface area (Å²) in [6.07, 6.45) is 2.78. The second-order valence-electron chi connectivity index (χ2n) is 3.49. The van der Waals surface area contributed by atoms with Gasteiger partial charge in [0.15, 0.2) is 0 Å². The summed E-state index contributed by atoms with van der Waals surface area (Å²) in [6, 6.07) is 4.07. The number of rotatable bonds is 3. The Kier molecular flexibility index (Phi) is 5.12. The summed E-state index contributed by atoms with van der Waals surface area (Å²) in [5.41, 5.74) is 0.705. The van der Waals surface area contributed by atoms with E-state index in [-0.39, 0.29) is 11.6 Å². The Morgan fingerprint density at radius 3 is 2.60 bits per heavy atom. The fraction of sp³-hybridized carbons (Fsp3) is 0.500. The van der Waals surface area contributed by atoms with Gasteiger partial charge in [0.05, 0.1) is 13.2 Å². The number of epoxide rings is 1. The van der Waals surface area contributed by atoms with Gasteiger partial charge in [-0.15, -0.1) is 0 Å². The Labute approximate surface area is 89.7 Å². The SMILES string of the molecule is C1CO1.CCCCc1cc(F)ccc1O. The third-order valence-corrected chi connectivity index (χ3v) is 2.05. The predicted molar refractivity (Wildman–Crippen MR) is 57.5 cm³/mol.